The summed E-state index contributed by atoms with van der Waals surface area (Å²) >= 11 is 1.17. The van der Waals surface area contributed by atoms with Crippen molar-refractivity contribution in [3.05, 3.63) is 38.0 Å². The zero-order chi connectivity index (χ0) is 21.8. The fourth-order valence-electron chi connectivity index (χ4n) is 2.50. The lowest BCUT2D eigenvalue weighted by Crippen LogP contribution is -2.35. The second-order valence-corrected chi connectivity index (χ2v) is 8.96. The van der Waals surface area contributed by atoms with Gasteiger partial charge in [0.1, 0.15) is 11.6 Å². The lowest BCUT2D eigenvalue weighted by Gasteiger charge is -2.22. The maximum absolute atomic E-state index is 12.1. The summed E-state index contributed by atoms with van der Waals surface area (Å²) in [5.74, 6) is 0.771. The van der Waals surface area contributed by atoms with Gasteiger partial charge in [-0.2, -0.15) is 0 Å². The summed E-state index contributed by atoms with van der Waals surface area (Å²) in [5.41, 5.74) is -0.728. The van der Waals surface area contributed by atoms with Gasteiger partial charge in [0.2, 0.25) is 5.89 Å². The number of carbonyl (C=O) groups excluding carboxylic acids is 1. The number of hydrogen-bond acceptors (Lipinski definition) is 8. The molecule has 0 saturated carbocycles. The van der Waals surface area contributed by atoms with Gasteiger partial charge in [0, 0.05) is 17.0 Å². The smallest absolute Gasteiger partial charge is 0.408 e. The third kappa shape index (κ3) is 7.08. The molecule has 0 unspecified atom stereocenters. The highest BCUT2D eigenvalue weighted by Crippen LogP contribution is 2.26. The Balaban J connectivity index is 2.11. The second-order valence-electron chi connectivity index (χ2n) is 8.04. The zero-order valence-corrected chi connectivity index (χ0v) is 18.2. The Hall–Kier alpha value is -2.56. The quantitative estimate of drug-likeness (QED) is 0.575. The number of aromatic amines is 2. The largest absolute Gasteiger partial charge is 0.444 e. The van der Waals surface area contributed by atoms with Crippen LogP contribution in [0.2, 0.25) is 0 Å². The number of aromatic nitrogens is 4. The summed E-state index contributed by atoms with van der Waals surface area (Å²) in [4.78, 5) is 40.1. The van der Waals surface area contributed by atoms with Crippen LogP contribution in [0.25, 0.3) is 0 Å². The van der Waals surface area contributed by atoms with E-state index in [-0.39, 0.29) is 22.8 Å². The first-order chi connectivity index (χ1) is 13.4. The highest BCUT2D eigenvalue weighted by molar-refractivity contribution is 7.98. The van der Waals surface area contributed by atoms with Crippen LogP contribution in [0.1, 0.15) is 64.2 Å². The molecule has 0 aliphatic carbocycles. The predicted octanol–water partition coefficient (Wildman–Crippen LogP) is 2.66. The van der Waals surface area contributed by atoms with Gasteiger partial charge in [-0.25, -0.2) is 9.59 Å². The fourth-order valence-corrected chi connectivity index (χ4v) is 3.35. The minimum atomic E-state index is -0.621. The minimum absolute atomic E-state index is 0.244. The number of rotatable bonds is 7. The lowest BCUT2D eigenvalue weighted by molar-refractivity contribution is 0.0487. The van der Waals surface area contributed by atoms with Gasteiger partial charge in [0.05, 0.1) is 0 Å². The molecule has 0 bridgehead atoms. The van der Waals surface area contributed by atoms with Crippen molar-refractivity contribution in [2.24, 2.45) is 5.92 Å². The average Bonchev–Trinajstić information content (AvgIpc) is 2.99. The highest BCUT2D eigenvalue weighted by atomic mass is 32.2. The van der Waals surface area contributed by atoms with E-state index in [9.17, 15) is 14.4 Å². The number of nitrogens with zero attached hydrogens (tertiary/aromatic N) is 2. The van der Waals surface area contributed by atoms with Crippen molar-refractivity contribution in [2.75, 3.05) is 0 Å². The van der Waals surface area contributed by atoms with Crippen LogP contribution >= 0.6 is 11.8 Å². The number of aryl methyl sites for hydroxylation is 1. The Kier molecular flexibility index (Phi) is 7.28. The molecule has 10 nitrogen and oxygen atoms in total. The fraction of sp³-hybridized carbons (Fsp3) is 0.611. The molecule has 3 N–H and O–H groups in total. The minimum Gasteiger partial charge on any atom is -0.444 e. The number of amides is 1. The molecular weight excluding hydrogens is 398 g/mol. The molecule has 2 rings (SSSR count). The molecule has 11 heteroatoms. The van der Waals surface area contributed by atoms with Gasteiger partial charge in [0.15, 0.2) is 0 Å². The van der Waals surface area contributed by atoms with Crippen molar-refractivity contribution in [1.29, 1.82) is 0 Å². The summed E-state index contributed by atoms with van der Waals surface area (Å²) in [6, 6.07) is -0.495. The summed E-state index contributed by atoms with van der Waals surface area (Å²) < 4.78 is 11.0. The van der Waals surface area contributed by atoms with Crippen molar-refractivity contribution in [3.8, 4) is 0 Å². The van der Waals surface area contributed by atoms with Gasteiger partial charge in [-0.3, -0.25) is 9.78 Å². The first-order valence-electron chi connectivity index (χ1n) is 9.22. The average molecular weight is 426 g/mol. The standard InChI is InChI=1S/C18H27N5O5S/c1-9(2)7-12(20-16(26)28-18(4,5)6)14-22-23-17(27-14)29-8-11-10(3)19-15(25)21-13(11)24/h9,12H,7-8H2,1-6H3,(H,20,26)(H2,19,21,24,25)/t12-/m1/s1. The topological polar surface area (TPSA) is 143 Å². The molecule has 160 valence electrons. The van der Waals surface area contributed by atoms with Crippen molar-refractivity contribution >= 4 is 17.9 Å². The number of alkyl carbamates (subject to hydrolysis) is 1. The van der Waals surface area contributed by atoms with Crippen molar-refractivity contribution in [1.82, 2.24) is 25.5 Å². The number of nitrogens with one attached hydrogen (secondary N) is 3. The molecule has 2 aromatic rings. The number of carbonyl (C=O) groups is 1. The summed E-state index contributed by atoms with van der Waals surface area (Å²) in [7, 11) is 0. The van der Waals surface area contributed by atoms with Gasteiger partial charge in [-0.1, -0.05) is 25.6 Å². The van der Waals surface area contributed by atoms with Gasteiger partial charge in [-0.15, -0.1) is 10.2 Å². The zero-order valence-electron chi connectivity index (χ0n) is 17.4. The van der Waals surface area contributed by atoms with Crippen molar-refractivity contribution in [2.45, 2.75) is 70.6 Å². The van der Waals surface area contributed by atoms with E-state index in [0.717, 1.165) is 0 Å². The third-order valence-electron chi connectivity index (χ3n) is 3.71. The number of thioether (sulfide) groups is 1. The number of hydrogen-bond donors (Lipinski definition) is 3. The van der Waals surface area contributed by atoms with Gasteiger partial charge < -0.3 is 19.5 Å². The monoisotopic (exact) mass is 425 g/mol. The van der Waals surface area contributed by atoms with E-state index in [1.807, 2.05) is 13.8 Å². The van der Waals surface area contributed by atoms with Crippen LogP contribution in [0.3, 0.4) is 0 Å². The number of ether oxygens (including phenoxy) is 1. The molecule has 2 aromatic heterocycles. The Morgan fingerprint density at radius 1 is 1.24 bits per heavy atom. The van der Waals surface area contributed by atoms with Crippen molar-refractivity contribution < 1.29 is 13.9 Å². The molecule has 2 heterocycles. The first-order valence-corrected chi connectivity index (χ1v) is 10.2. The van der Waals surface area contributed by atoms with Crippen LogP contribution in [0.15, 0.2) is 19.2 Å². The Labute approximate surface area is 172 Å². The van der Waals surface area contributed by atoms with Crippen LogP contribution < -0.4 is 16.6 Å². The van der Waals surface area contributed by atoms with E-state index in [1.54, 1.807) is 27.7 Å². The summed E-state index contributed by atoms with van der Waals surface area (Å²) in [6.07, 6.45) is 0.0236. The summed E-state index contributed by atoms with van der Waals surface area (Å²) in [6.45, 7) is 11.0. The van der Waals surface area contributed by atoms with Gasteiger partial charge >= 0.3 is 11.8 Å². The molecule has 0 aromatic carbocycles. The third-order valence-corrected chi connectivity index (χ3v) is 4.56. The molecule has 0 saturated heterocycles. The molecule has 29 heavy (non-hydrogen) atoms. The number of H-pyrrole nitrogens is 2. The van der Waals surface area contributed by atoms with E-state index in [1.165, 1.54) is 11.8 Å². The van der Waals surface area contributed by atoms with E-state index >= 15 is 0 Å². The van der Waals surface area contributed by atoms with Crippen LogP contribution in [0, 0.1) is 12.8 Å². The van der Waals surface area contributed by atoms with E-state index < -0.39 is 29.0 Å². The molecule has 1 amide bonds. The Morgan fingerprint density at radius 2 is 1.93 bits per heavy atom. The molecule has 0 radical (unpaired) electrons. The highest BCUT2D eigenvalue weighted by Gasteiger charge is 2.25. The predicted molar refractivity (Wildman–Crippen MR) is 108 cm³/mol. The van der Waals surface area contributed by atoms with E-state index in [0.29, 0.717) is 17.7 Å². The molecule has 0 aliphatic heterocycles. The second kappa shape index (κ2) is 9.29. The Morgan fingerprint density at radius 3 is 2.52 bits per heavy atom. The van der Waals surface area contributed by atoms with Crippen molar-refractivity contribution in [3.63, 3.8) is 0 Å². The maximum atomic E-state index is 12.1. The van der Waals surface area contributed by atoms with E-state index in [4.69, 9.17) is 9.15 Å². The molecule has 0 spiro atoms. The molecular formula is C18H27N5O5S. The SMILES string of the molecule is Cc1[nH]c(=O)[nH]c(=O)c1CSc1nnc([C@@H](CC(C)C)NC(=O)OC(C)(C)C)o1. The summed E-state index contributed by atoms with van der Waals surface area (Å²) in [5, 5.41) is 11.1. The van der Waals surface area contributed by atoms with Crippen LogP contribution in [0.5, 0.6) is 0 Å². The van der Waals surface area contributed by atoms with Crippen LogP contribution in [-0.4, -0.2) is 31.9 Å². The molecule has 0 fully saturated rings. The van der Waals surface area contributed by atoms with Crippen LogP contribution in [-0.2, 0) is 10.5 Å². The first kappa shape index (κ1) is 22.7. The maximum Gasteiger partial charge on any atom is 0.408 e. The van der Waals surface area contributed by atoms with Gasteiger partial charge in [0.25, 0.3) is 10.8 Å². The van der Waals surface area contributed by atoms with E-state index in [2.05, 4.69) is 25.5 Å². The normalized spacial score (nSPS) is 12.8. The van der Waals surface area contributed by atoms with Gasteiger partial charge in [-0.05, 0) is 40.0 Å². The molecule has 1 atom stereocenters. The van der Waals surface area contributed by atoms with Crippen LogP contribution in [0.4, 0.5) is 4.79 Å². The molecule has 0 aliphatic rings. The Bertz CT molecular complexity index is 957. The lowest BCUT2D eigenvalue weighted by atomic mass is 10.0.